The molecule has 3 aromatic rings. The number of nitrogens with zero attached hydrogens (tertiary/aromatic N) is 2. The summed E-state index contributed by atoms with van der Waals surface area (Å²) in [7, 11) is 1.59. The van der Waals surface area contributed by atoms with Crippen LogP contribution < -0.4 is 19.5 Å². The molecular formula is C26H30FN3O4. The van der Waals surface area contributed by atoms with Crippen LogP contribution in [-0.2, 0) is 6.54 Å². The third kappa shape index (κ3) is 4.94. The number of β-amino-alcohol motifs (C(OH)–C–C–N with tert-alkyl or cyclic N) is 1. The van der Waals surface area contributed by atoms with Crippen molar-refractivity contribution >= 4 is 10.9 Å². The van der Waals surface area contributed by atoms with Crippen LogP contribution in [0.3, 0.4) is 0 Å². The maximum absolute atomic E-state index is 15.0. The van der Waals surface area contributed by atoms with Crippen molar-refractivity contribution in [3.05, 3.63) is 59.8 Å². The van der Waals surface area contributed by atoms with Gasteiger partial charge in [0.25, 0.3) is 0 Å². The van der Waals surface area contributed by atoms with Crippen LogP contribution in [0.15, 0.2) is 48.7 Å². The summed E-state index contributed by atoms with van der Waals surface area (Å²) in [5.41, 5.74) is 2.61. The lowest BCUT2D eigenvalue weighted by atomic mass is 9.99. The van der Waals surface area contributed by atoms with E-state index in [2.05, 4.69) is 10.3 Å². The van der Waals surface area contributed by atoms with Gasteiger partial charge in [0.05, 0.1) is 24.9 Å². The van der Waals surface area contributed by atoms with E-state index in [4.69, 9.17) is 14.2 Å². The summed E-state index contributed by atoms with van der Waals surface area (Å²) in [6.45, 7) is 3.03. The number of hydrogen-bond acceptors (Lipinski definition) is 7. The number of aromatic nitrogens is 1. The molecule has 2 aliphatic heterocycles. The van der Waals surface area contributed by atoms with Gasteiger partial charge in [-0.3, -0.25) is 9.88 Å². The first-order chi connectivity index (χ1) is 16.6. The zero-order valence-electron chi connectivity index (χ0n) is 19.2. The topological polar surface area (TPSA) is 76.1 Å². The monoisotopic (exact) mass is 467 g/mol. The second kappa shape index (κ2) is 10.1. The first-order valence-electron chi connectivity index (χ1n) is 11.7. The van der Waals surface area contributed by atoms with Crippen molar-refractivity contribution in [3.8, 4) is 17.2 Å². The number of methoxy groups -OCH3 is 1. The zero-order chi connectivity index (χ0) is 23.5. The summed E-state index contributed by atoms with van der Waals surface area (Å²) in [5.74, 6) is 2.14. The molecular weight excluding hydrogens is 437 g/mol. The molecule has 1 fully saturated rings. The van der Waals surface area contributed by atoms with Gasteiger partial charge in [-0.15, -0.1) is 0 Å². The number of fused-ring (bicyclic) bond motifs is 2. The minimum Gasteiger partial charge on any atom is -0.495 e. The lowest BCUT2D eigenvalue weighted by molar-refractivity contribution is 0.0571. The summed E-state index contributed by atoms with van der Waals surface area (Å²) in [6, 6.07) is 13.2. The molecule has 34 heavy (non-hydrogen) atoms. The van der Waals surface area contributed by atoms with Crippen molar-refractivity contribution in [2.75, 3.05) is 40.0 Å². The lowest BCUT2D eigenvalue weighted by Crippen LogP contribution is -2.51. The predicted octanol–water partition coefficient (Wildman–Crippen LogP) is 3.25. The fraction of sp³-hybridized carbons (Fsp3) is 0.423. The van der Waals surface area contributed by atoms with Gasteiger partial charge in [0.2, 0.25) is 0 Å². The summed E-state index contributed by atoms with van der Waals surface area (Å²) in [5, 5.41) is 15.2. The number of halogens is 1. The van der Waals surface area contributed by atoms with E-state index in [9.17, 15) is 5.11 Å². The van der Waals surface area contributed by atoms with E-state index in [0.717, 1.165) is 33.5 Å². The fourth-order valence-electron chi connectivity index (χ4n) is 4.71. The Balaban J connectivity index is 1.17. The normalized spacial score (nSPS) is 21.4. The van der Waals surface area contributed by atoms with E-state index in [0.29, 0.717) is 45.0 Å². The minimum absolute atomic E-state index is 0.229. The van der Waals surface area contributed by atoms with E-state index in [-0.39, 0.29) is 12.6 Å². The van der Waals surface area contributed by atoms with Gasteiger partial charge in [-0.25, -0.2) is 4.39 Å². The Hall–Kier alpha value is -2.94. The molecule has 3 atom stereocenters. The number of nitrogens with one attached hydrogen (secondary N) is 1. The van der Waals surface area contributed by atoms with Crippen LogP contribution >= 0.6 is 0 Å². The van der Waals surface area contributed by atoms with Crippen LogP contribution in [-0.4, -0.2) is 67.2 Å². The van der Waals surface area contributed by atoms with Gasteiger partial charge in [-0.2, -0.15) is 0 Å². The Labute approximate surface area is 198 Å². The number of piperidine rings is 1. The Morgan fingerprint density at radius 1 is 1.21 bits per heavy atom. The average molecular weight is 468 g/mol. The number of pyridine rings is 1. The number of rotatable bonds is 7. The molecule has 2 N–H and O–H groups in total. The predicted molar refractivity (Wildman–Crippen MR) is 127 cm³/mol. The zero-order valence-corrected chi connectivity index (χ0v) is 19.2. The van der Waals surface area contributed by atoms with Crippen LogP contribution in [0, 0.1) is 0 Å². The molecule has 7 nitrogen and oxygen atoms in total. The van der Waals surface area contributed by atoms with E-state index < -0.39 is 12.3 Å². The molecule has 0 saturated carbocycles. The van der Waals surface area contributed by atoms with Crippen molar-refractivity contribution in [1.82, 2.24) is 15.2 Å². The van der Waals surface area contributed by atoms with E-state index in [1.807, 2.05) is 47.4 Å². The first-order valence-corrected chi connectivity index (χ1v) is 11.7. The maximum Gasteiger partial charge on any atom is 0.161 e. The van der Waals surface area contributed by atoms with Crippen LogP contribution in [0.4, 0.5) is 4.39 Å². The Bertz CT molecular complexity index is 1140. The molecule has 2 aromatic carbocycles. The Morgan fingerprint density at radius 3 is 2.88 bits per heavy atom. The summed E-state index contributed by atoms with van der Waals surface area (Å²) >= 11 is 0. The van der Waals surface area contributed by atoms with Crippen LogP contribution in [0.2, 0.25) is 0 Å². The van der Waals surface area contributed by atoms with Gasteiger partial charge in [0, 0.05) is 31.1 Å². The number of aliphatic hydroxyl groups is 1. The van der Waals surface area contributed by atoms with E-state index in [1.54, 1.807) is 13.3 Å². The highest BCUT2D eigenvalue weighted by Gasteiger charge is 2.30. The van der Waals surface area contributed by atoms with E-state index >= 15 is 4.39 Å². The van der Waals surface area contributed by atoms with Gasteiger partial charge >= 0.3 is 0 Å². The van der Waals surface area contributed by atoms with E-state index in [1.165, 1.54) is 0 Å². The molecule has 2 aliphatic rings. The smallest absolute Gasteiger partial charge is 0.161 e. The van der Waals surface area contributed by atoms with Crippen molar-refractivity contribution in [3.63, 3.8) is 0 Å². The van der Waals surface area contributed by atoms with Gasteiger partial charge in [0.1, 0.15) is 25.1 Å². The standard InChI is InChI=1S/C26H30FN3O4/c1-32-18-12-20-19(3-2-4-22(20)29-14-18)24(31)16-30-8-7-23(21(27)15-30)28-13-17-5-6-25-26(11-17)34-10-9-33-25/h2-6,11-12,14,21,23-24,28,31H,7-10,13,15-16H2,1H3. The number of alkyl halides is 1. The molecule has 5 rings (SSSR count). The third-order valence-electron chi connectivity index (χ3n) is 6.56. The average Bonchev–Trinajstić information content (AvgIpc) is 2.87. The molecule has 180 valence electrons. The highest BCUT2D eigenvalue weighted by Crippen LogP contribution is 2.31. The minimum atomic E-state index is -1.02. The summed E-state index contributed by atoms with van der Waals surface area (Å²) < 4.78 is 31.5. The number of benzene rings is 2. The quantitative estimate of drug-likeness (QED) is 0.553. The van der Waals surface area contributed by atoms with Crippen molar-refractivity contribution in [2.24, 2.45) is 0 Å². The number of ether oxygens (including phenoxy) is 3. The first kappa shape index (κ1) is 22.8. The number of likely N-dealkylation sites (tertiary alicyclic amines) is 1. The SMILES string of the molecule is COc1cnc2cccc(C(O)CN3CCC(NCc4ccc5c(c4)OCCO5)C(F)C3)c2c1. The van der Waals surface area contributed by atoms with Gasteiger partial charge in [0.15, 0.2) is 11.5 Å². The van der Waals surface area contributed by atoms with Gasteiger partial charge in [-0.05, 0) is 48.4 Å². The van der Waals surface area contributed by atoms with Crippen LogP contribution in [0.5, 0.6) is 17.2 Å². The Kier molecular flexibility index (Phi) is 6.80. The lowest BCUT2D eigenvalue weighted by Gasteiger charge is -2.36. The van der Waals surface area contributed by atoms with Gasteiger partial charge < -0.3 is 24.6 Å². The summed E-state index contributed by atoms with van der Waals surface area (Å²) in [4.78, 5) is 6.39. The van der Waals surface area contributed by atoms with Crippen LogP contribution in [0.1, 0.15) is 23.7 Å². The molecule has 0 aliphatic carbocycles. The third-order valence-corrected chi connectivity index (χ3v) is 6.56. The molecule has 0 amide bonds. The number of hydrogen-bond donors (Lipinski definition) is 2. The molecule has 1 aromatic heterocycles. The molecule has 0 spiro atoms. The largest absolute Gasteiger partial charge is 0.495 e. The van der Waals surface area contributed by atoms with Crippen LogP contribution in [0.25, 0.3) is 10.9 Å². The van der Waals surface area contributed by atoms with Crippen molar-refractivity contribution in [1.29, 1.82) is 0 Å². The highest BCUT2D eigenvalue weighted by molar-refractivity contribution is 5.83. The number of aliphatic hydroxyl groups excluding tert-OH is 1. The second-order valence-electron chi connectivity index (χ2n) is 8.83. The highest BCUT2D eigenvalue weighted by atomic mass is 19.1. The molecule has 0 bridgehead atoms. The molecule has 3 heterocycles. The van der Waals surface area contributed by atoms with Crippen molar-refractivity contribution in [2.45, 2.75) is 31.3 Å². The molecule has 3 unspecified atom stereocenters. The molecule has 8 heteroatoms. The second-order valence-corrected chi connectivity index (χ2v) is 8.83. The van der Waals surface area contributed by atoms with Crippen molar-refractivity contribution < 1.29 is 23.7 Å². The Morgan fingerprint density at radius 2 is 2.06 bits per heavy atom. The maximum atomic E-state index is 15.0. The summed E-state index contributed by atoms with van der Waals surface area (Å²) in [6.07, 6.45) is 0.567. The molecule has 1 saturated heterocycles. The van der Waals surface area contributed by atoms with Gasteiger partial charge in [-0.1, -0.05) is 18.2 Å². The molecule has 0 radical (unpaired) electrons. The fourth-order valence-corrected chi connectivity index (χ4v) is 4.71.